The average molecular weight is 490 g/mol. The minimum Gasteiger partial charge on any atom is -0.497 e. The Hall–Kier alpha value is -4.64. The van der Waals surface area contributed by atoms with E-state index in [0.717, 1.165) is 39.9 Å². The third-order valence-electron chi connectivity index (χ3n) is 5.20. The third kappa shape index (κ3) is 4.84. The van der Waals surface area contributed by atoms with Crippen molar-refractivity contribution in [1.29, 1.82) is 0 Å². The van der Waals surface area contributed by atoms with E-state index in [-0.39, 0.29) is 5.56 Å². The maximum Gasteiger partial charge on any atom is 0.280 e. The molecule has 11 heteroatoms. The van der Waals surface area contributed by atoms with Crippen molar-refractivity contribution in [3.8, 4) is 27.4 Å². The van der Waals surface area contributed by atoms with E-state index in [4.69, 9.17) is 4.74 Å². The lowest BCUT2D eigenvalue weighted by Gasteiger charge is -2.08. The molecule has 176 valence electrons. The number of methoxy groups -OCH3 is 1. The highest BCUT2D eigenvalue weighted by Gasteiger charge is 2.21. The summed E-state index contributed by atoms with van der Waals surface area (Å²) in [6, 6.07) is 19.8. The Labute approximate surface area is 202 Å². The minimum atomic E-state index is -0.824. The quantitative estimate of drug-likeness (QED) is 0.277. The smallest absolute Gasteiger partial charge is 0.280 e. The van der Waals surface area contributed by atoms with E-state index in [1.54, 1.807) is 18.7 Å². The van der Waals surface area contributed by atoms with Gasteiger partial charge in [-0.05, 0) is 35.4 Å². The molecule has 1 heterocycles. The van der Waals surface area contributed by atoms with Crippen LogP contribution >= 0.6 is 11.3 Å². The van der Waals surface area contributed by atoms with Crippen LogP contribution in [0, 0.1) is 20.2 Å². The summed E-state index contributed by atoms with van der Waals surface area (Å²) in [5.41, 5.74) is 1.23. The number of hydrogen-bond acceptors (Lipinski definition) is 7. The third-order valence-corrected chi connectivity index (χ3v) is 6.38. The van der Waals surface area contributed by atoms with Gasteiger partial charge >= 0.3 is 0 Å². The molecular formula is C24H18N4O6S. The molecule has 0 N–H and O–H groups in total. The number of ether oxygens (including phenoxy) is 1. The largest absolute Gasteiger partial charge is 0.497 e. The Kier molecular flexibility index (Phi) is 6.51. The number of non-ortho nitro benzene ring substituents is 2. The van der Waals surface area contributed by atoms with Gasteiger partial charge in [0, 0.05) is 19.2 Å². The van der Waals surface area contributed by atoms with Crippen molar-refractivity contribution in [2.45, 2.75) is 0 Å². The maximum absolute atomic E-state index is 13.0. The van der Waals surface area contributed by atoms with Gasteiger partial charge in [0.25, 0.3) is 17.3 Å². The summed E-state index contributed by atoms with van der Waals surface area (Å²) in [6.07, 6.45) is 0. The number of rotatable bonds is 6. The van der Waals surface area contributed by atoms with Crippen molar-refractivity contribution < 1.29 is 19.4 Å². The highest BCUT2D eigenvalue weighted by atomic mass is 32.1. The number of thiazole rings is 1. The molecule has 1 aromatic heterocycles. The first-order valence-corrected chi connectivity index (χ1v) is 11.0. The van der Waals surface area contributed by atoms with E-state index in [1.807, 2.05) is 54.6 Å². The lowest BCUT2D eigenvalue weighted by Crippen LogP contribution is -2.14. The Morgan fingerprint density at radius 1 is 0.914 bits per heavy atom. The van der Waals surface area contributed by atoms with Gasteiger partial charge in [-0.15, -0.1) is 0 Å². The van der Waals surface area contributed by atoms with E-state index in [9.17, 15) is 25.0 Å². The Morgan fingerprint density at radius 3 is 2.06 bits per heavy atom. The van der Waals surface area contributed by atoms with Gasteiger partial charge in [-0.3, -0.25) is 25.0 Å². The number of carbonyl (C=O) groups excluding carboxylic acids is 1. The van der Waals surface area contributed by atoms with Crippen molar-refractivity contribution >= 4 is 28.6 Å². The second-order valence-corrected chi connectivity index (χ2v) is 8.36. The van der Waals surface area contributed by atoms with Crippen molar-refractivity contribution in [2.75, 3.05) is 7.11 Å². The molecule has 0 aliphatic rings. The Bertz CT molecular complexity index is 1480. The van der Waals surface area contributed by atoms with Crippen molar-refractivity contribution in [2.24, 2.45) is 12.0 Å². The van der Waals surface area contributed by atoms with Gasteiger partial charge in [-0.25, -0.2) is 0 Å². The molecule has 10 nitrogen and oxygen atoms in total. The molecule has 0 fully saturated rings. The summed E-state index contributed by atoms with van der Waals surface area (Å²) >= 11 is 1.26. The topological polar surface area (TPSA) is 130 Å². The summed E-state index contributed by atoms with van der Waals surface area (Å²) in [6.45, 7) is 0. The molecule has 4 rings (SSSR count). The lowest BCUT2D eigenvalue weighted by atomic mass is 10.1. The number of nitro benzene ring substituents is 2. The van der Waals surface area contributed by atoms with Crippen LogP contribution in [0.15, 0.2) is 77.8 Å². The van der Waals surface area contributed by atoms with Crippen LogP contribution in [0.25, 0.3) is 21.7 Å². The zero-order valence-electron chi connectivity index (χ0n) is 18.6. The summed E-state index contributed by atoms with van der Waals surface area (Å²) in [5, 5.41) is 22.4. The molecule has 0 bridgehead atoms. The van der Waals surface area contributed by atoms with Crippen LogP contribution in [0.4, 0.5) is 11.4 Å². The number of aromatic nitrogens is 1. The number of amides is 1. The van der Waals surface area contributed by atoms with E-state index in [0.29, 0.717) is 10.6 Å². The molecule has 35 heavy (non-hydrogen) atoms. The predicted molar refractivity (Wildman–Crippen MR) is 130 cm³/mol. The average Bonchev–Trinajstić information content (AvgIpc) is 3.19. The number of nitro groups is 2. The number of carbonyl (C=O) groups is 1. The van der Waals surface area contributed by atoms with Crippen LogP contribution in [0.2, 0.25) is 0 Å². The van der Waals surface area contributed by atoms with Crippen LogP contribution in [-0.4, -0.2) is 27.4 Å². The summed E-state index contributed by atoms with van der Waals surface area (Å²) in [7, 11) is 3.33. The van der Waals surface area contributed by atoms with Crippen LogP contribution in [0.5, 0.6) is 5.75 Å². The summed E-state index contributed by atoms with van der Waals surface area (Å²) in [4.78, 5) is 39.1. The van der Waals surface area contributed by atoms with Gasteiger partial charge in [0.1, 0.15) is 5.75 Å². The first-order chi connectivity index (χ1) is 16.8. The van der Waals surface area contributed by atoms with Gasteiger partial charge in [0.05, 0.1) is 39.2 Å². The monoisotopic (exact) mass is 490 g/mol. The zero-order valence-corrected chi connectivity index (χ0v) is 19.4. The lowest BCUT2D eigenvalue weighted by molar-refractivity contribution is -0.394. The second-order valence-electron chi connectivity index (χ2n) is 7.39. The molecule has 0 unspecified atom stereocenters. The Morgan fingerprint density at radius 2 is 1.51 bits per heavy atom. The predicted octanol–water partition coefficient (Wildman–Crippen LogP) is 4.99. The van der Waals surface area contributed by atoms with Crippen molar-refractivity contribution in [3.63, 3.8) is 0 Å². The fourth-order valence-electron chi connectivity index (χ4n) is 3.49. The van der Waals surface area contributed by atoms with E-state index in [1.165, 1.54) is 11.3 Å². The highest BCUT2D eigenvalue weighted by Crippen LogP contribution is 2.35. The van der Waals surface area contributed by atoms with Crippen LogP contribution in [0.1, 0.15) is 10.4 Å². The molecule has 0 radical (unpaired) electrons. The van der Waals surface area contributed by atoms with Gasteiger partial charge < -0.3 is 9.30 Å². The fourth-order valence-corrected chi connectivity index (χ4v) is 4.64. The standard InChI is InChI=1S/C24H18N4O6S/c1-26-21(15-8-10-20(34-2)11-9-15)22(16-6-4-3-5-7-16)35-24(26)25-23(29)17-12-18(27(30)31)14-19(13-17)28(32)33/h3-14H,1-2H3. The minimum absolute atomic E-state index is 0.244. The molecule has 4 aromatic rings. The molecule has 3 aromatic carbocycles. The van der Waals surface area contributed by atoms with Crippen molar-refractivity contribution in [3.05, 3.63) is 103 Å². The first-order valence-electron chi connectivity index (χ1n) is 10.2. The van der Waals surface area contributed by atoms with Crippen LogP contribution in [0.3, 0.4) is 0 Å². The number of benzene rings is 3. The zero-order chi connectivity index (χ0) is 25.1. The first kappa shape index (κ1) is 23.5. The number of nitrogens with zero attached hydrogens (tertiary/aromatic N) is 4. The second kappa shape index (κ2) is 9.69. The molecule has 0 saturated carbocycles. The summed E-state index contributed by atoms with van der Waals surface area (Å²) < 4.78 is 7.00. The molecule has 0 spiro atoms. The Balaban J connectivity index is 1.88. The SMILES string of the molecule is COc1ccc(-c2c(-c3ccccc3)sc(=NC(=O)c3cc([N+](=O)[O-])cc([N+](=O)[O-])c3)n2C)cc1. The van der Waals surface area contributed by atoms with Crippen LogP contribution in [-0.2, 0) is 7.05 Å². The van der Waals surface area contributed by atoms with Gasteiger partial charge in [0.15, 0.2) is 4.80 Å². The normalized spacial score (nSPS) is 11.3. The van der Waals surface area contributed by atoms with Gasteiger partial charge in [-0.1, -0.05) is 41.7 Å². The molecule has 0 aliphatic heterocycles. The van der Waals surface area contributed by atoms with Crippen molar-refractivity contribution in [1.82, 2.24) is 4.57 Å². The molecular weight excluding hydrogens is 472 g/mol. The molecule has 0 saturated heterocycles. The highest BCUT2D eigenvalue weighted by molar-refractivity contribution is 7.13. The van der Waals surface area contributed by atoms with Gasteiger partial charge in [0.2, 0.25) is 0 Å². The molecule has 0 atom stereocenters. The van der Waals surface area contributed by atoms with E-state index in [2.05, 4.69) is 4.99 Å². The summed E-state index contributed by atoms with van der Waals surface area (Å²) in [5.74, 6) is -0.130. The maximum atomic E-state index is 13.0. The van der Waals surface area contributed by atoms with E-state index < -0.39 is 27.1 Å². The molecule has 0 aliphatic carbocycles. The van der Waals surface area contributed by atoms with E-state index >= 15 is 0 Å². The van der Waals surface area contributed by atoms with Crippen LogP contribution < -0.4 is 9.54 Å². The molecule has 1 amide bonds. The van der Waals surface area contributed by atoms with Gasteiger partial charge in [-0.2, -0.15) is 4.99 Å². The number of hydrogen-bond donors (Lipinski definition) is 0. The fraction of sp³-hybridized carbons (Fsp3) is 0.0833.